The molecule has 1 aromatic rings. The van der Waals surface area contributed by atoms with E-state index in [2.05, 4.69) is 11.6 Å². The van der Waals surface area contributed by atoms with Crippen molar-refractivity contribution >= 4 is 12.2 Å². The third-order valence-corrected chi connectivity index (χ3v) is 1.93. The molecule has 1 N–H and O–H groups in total. The number of aromatic nitrogens is 1. The smallest absolute Gasteiger partial charge is 0.189 e. The number of pyridine rings is 1. The van der Waals surface area contributed by atoms with E-state index in [4.69, 9.17) is 0 Å². The number of aryl methyl sites for hydroxylation is 1. The predicted molar refractivity (Wildman–Crippen MR) is 94.5 cm³/mol. The van der Waals surface area contributed by atoms with Crippen molar-refractivity contribution in [2.24, 2.45) is 0 Å². The summed E-state index contributed by atoms with van der Waals surface area (Å²) >= 11 is 0. The molecule has 0 saturated carbocycles. The van der Waals surface area contributed by atoms with Crippen LogP contribution in [0.1, 0.15) is 60.6 Å². The maximum Gasteiger partial charge on any atom is 0.189 e. The minimum absolute atomic E-state index is 0.0659. The fraction of sp³-hybridized carbons (Fsp3) is 0.500. The second-order valence-electron chi connectivity index (χ2n) is 3.16. The van der Waals surface area contributed by atoms with E-state index in [0.29, 0.717) is 0 Å². The summed E-state index contributed by atoms with van der Waals surface area (Å²) in [6.45, 7) is 19.5. The first-order valence-corrected chi connectivity index (χ1v) is 7.72. The van der Waals surface area contributed by atoms with E-state index in [0.717, 1.165) is 22.7 Å². The molecule has 1 rings (SSSR count). The van der Waals surface area contributed by atoms with Crippen LogP contribution in [0.5, 0.6) is 0 Å². The van der Waals surface area contributed by atoms with Gasteiger partial charge in [0.2, 0.25) is 0 Å². The first-order valence-electron chi connectivity index (χ1n) is 7.72. The van der Waals surface area contributed by atoms with Gasteiger partial charge in [-0.2, -0.15) is 0 Å². The molecular formula is C18H33NO. The van der Waals surface area contributed by atoms with Crippen molar-refractivity contribution in [1.29, 1.82) is 0 Å². The summed E-state index contributed by atoms with van der Waals surface area (Å²) in [4.78, 5) is 14.8. The Hall–Kier alpha value is -1.57. The summed E-state index contributed by atoms with van der Waals surface area (Å²) < 4.78 is 0. The Balaban J connectivity index is -0.000000425. The van der Waals surface area contributed by atoms with Gasteiger partial charge < -0.3 is 4.98 Å². The van der Waals surface area contributed by atoms with Crippen LogP contribution in [0, 0.1) is 6.92 Å². The van der Waals surface area contributed by atoms with Crippen molar-refractivity contribution in [1.82, 2.24) is 4.98 Å². The number of allylic oxidation sites excluding steroid dienone is 1. The summed E-state index contributed by atoms with van der Waals surface area (Å²) in [6.07, 6.45) is 6.27. The largest absolute Gasteiger partial charge is 0.358 e. The number of rotatable bonds is 2. The molecule has 20 heavy (non-hydrogen) atoms. The molecule has 1 aromatic heterocycles. The van der Waals surface area contributed by atoms with Crippen LogP contribution in [0.4, 0.5) is 0 Å². The van der Waals surface area contributed by atoms with Gasteiger partial charge in [0.05, 0.1) is 0 Å². The van der Waals surface area contributed by atoms with Gasteiger partial charge in [0, 0.05) is 22.3 Å². The maximum absolute atomic E-state index is 11.6. The summed E-state index contributed by atoms with van der Waals surface area (Å²) in [5, 5.41) is 1.57. The van der Waals surface area contributed by atoms with Crippen molar-refractivity contribution < 1.29 is 0 Å². The number of H-pyrrole nitrogens is 1. The van der Waals surface area contributed by atoms with E-state index in [9.17, 15) is 4.79 Å². The standard InChI is InChI=1S/C12H15NO.3C2H6/c1-4-6-10-11(7-5-2)13-9(3)8-12(10)14;3*1-2/h5-8,13H,2,4H2,1,3H3;3*1-2H3/b10-6+,11-7+;;;. The van der Waals surface area contributed by atoms with E-state index in [1.54, 1.807) is 12.1 Å². The fourth-order valence-electron chi connectivity index (χ4n) is 1.39. The van der Waals surface area contributed by atoms with Gasteiger partial charge in [-0.1, -0.05) is 67.2 Å². The minimum atomic E-state index is 0.0659. The molecule has 0 aliphatic heterocycles. The Morgan fingerprint density at radius 1 is 1.15 bits per heavy atom. The van der Waals surface area contributed by atoms with Crippen molar-refractivity contribution in [2.45, 2.75) is 61.8 Å². The van der Waals surface area contributed by atoms with E-state index in [1.807, 2.05) is 67.5 Å². The van der Waals surface area contributed by atoms with Crippen LogP contribution in [0.3, 0.4) is 0 Å². The molecule has 0 atom stereocenters. The monoisotopic (exact) mass is 279 g/mol. The molecule has 0 amide bonds. The van der Waals surface area contributed by atoms with Gasteiger partial charge in [-0.05, 0) is 19.4 Å². The van der Waals surface area contributed by atoms with Crippen molar-refractivity contribution in [2.75, 3.05) is 0 Å². The molecule has 0 aromatic carbocycles. The summed E-state index contributed by atoms with van der Waals surface area (Å²) in [7, 11) is 0. The molecule has 0 aliphatic rings. The summed E-state index contributed by atoms with van der Waals surface area (Å²) in [6, 6.07) is 1.61. The van der Waals surface area contributed by atoms with Crippen molar-refractivity contribution in [3.05, 3.63) is 45.2 Å². The molecule has 0 spiro atoms. The zero-order chi connectivity index (χ0) is 16.6. The van der Waals surface area contributed by atoms with Gasteiger partial charge in [-0.25, -0.2) is 0 Å². The highest BCUT2D eigenvalue weighted by atomic mass is 16.1. The van der Waals surface area contributed by atoms with E-state index in [1.165, 1.54) is 0 Å². The molecule has 0 bridgehead atoms. The van der Waals surface area contributed by atoms with Gasteiger partial charge in [-0.15, -0.1) is 0 Å². The molecular weight excluding hydrogens is 246 g/mol. The third-order valence-electron chi connectivity index (χ3n) is 1.93. The zero-order valence-corrected chi connectivity index (χ0v) is 14.6. The summed E-state index contributed by atoms with van der Waals surface area (Å²) in [5.74, 6) is 0. The van der Waals surface area contributed by atoms with Crippen LogP contribution in [0.15, 0.2) is 23.5 Å². The number of hydrogen-bond acceptors (Lipinski definition) is 1. The Kier molecular flexibility index (Phi) is 20.5. The highest BCUT2D eigenvalue weighted by molar-refractivity contribution is 5.36. The minimum Gasteiger partial charge on any atom is -0.358 e. The molecule has 2 heteroatoms. The molecule has 0 radical (unpaired) electrons. The van der Waals surface area contributed by atoms with Crippen LogP contribution in [-0.4, -0.2) is 4.98 Å². The molecule has 0 aliphatic carbocycles. The second kappa shape index (κ2) is 17.4. The summed E-state index contributed by atoms with van der Waals surface area (Å²) in [5.41, 5.74) is 0.938. The molecule has 2 nitrogen and oxygen atoms in total. The van der Waals surface area contributed by atoms with Crippen LogP contribution in [-0.2, 0) is 0 Å². The predicted octanol–water partition coefficient (Wildman–Crippen LogP) is 3.92. The molecule has 116 valence electrons. The van der Waals surface area contributed by atoms with Crippen molar-refractivity contribution in [3.63, 3.8) is 0 Å². The highest BCUT2D eigenvalue weighted by Gasteiger charge is 1.92. The molecule has 0 saturated heterocycles. The van der Waals surface area contributed by atoms with Crippen LogP contribution >= 0.6 is 0 Å². The van der Waals surface area contributed by atoms with Crippen LogP contribution in [0.25, 0.3) is 12.2 Å². The second-order valence-corrected chi connectivity index (χ2v) is 3.16. The van der Waals surface area contributed by atoms with E-state index in [-0.39, 0.29) is 5.43 Å². The Morgan fingerprint density at radius 2 is 1.65 bits per heavy atom. The molecule has 0 unspecified atom stereocenters. The van der Waals surface area contributed by atoms with Gasteiger partial charge in [-0.3, -0.25) is 4.79 Å². The van der Waals surface area contributed by atoms with E-state index >= 15 is 0 Å². The van der Waals surface area contributed by atoms with Gasteiger partial charge in [0.15, 0.2) is 5.43 Å². The lowest BCUT2D eigenvalue weighted by molar-refractivity contribution is 1.10. The fourth-order valence-corrected chi connectivity index (χ4v) is 1.39. The topological polar surface area (TPSA) is 32.9 Å². The van der Waals surface area contributed by atoms with E-state index < -0.39 is 0 Å². The Labute approximate surface area is 125 Å². The number of nitrogens with one attached hydrogen (secondary N) is 1. The van der Waals surface area contributed by atoms with Gasteiger partial charge >= 0.3 is 0 Å². The third kappa shape index (κ3) is 9.37. The lowest BCUT2D eigenvalue weighted by Gasteiger charge is -1.94. The average Bonchev–Trinajstić information content (AvgIpc) is 2.49. The maximum atomic E-state index is 11.6. The van der Waals surface area contributed by atoms with Crippen LogP contribution < -0.4 is 16.0 Å². The normalized spacial score (nSPS) is 10.2. The van der Waals surface area contributed by atoms with Gasteiger partial charge in [0.1, 0.15) is 0 Å². The number of hydrogen-bond donors (Lipinski definition) is 1. The van der Waals surface area contributed by atoms with Crippen LogP contribution in [0.2, 0.25) is 0 Å². The van der Waals surface area contributed by atoms with Gasteiger partial charge in [0.25, 0.3) is 0 Å². The first-order chi connectivity index (χ1) is 9.69. The molecule has 0 fully saturated rings. The zero-order valence-electron chi connectivity index (χ0n) is 14.6. The highest BCUT2D eigenvalue weighted by Crippen LogP contribution is 1.78. The molecule has 1 heterocycles. The van der Waals surface area contributed by atoms with Crippen molar-refractivity contribution in [3.8, 4) is 0 Å². The Morgan fingerprint density at radius 3 is 2.05 bits per heavy atom. The number of aromatic amines is 1. The average molecular weight is 279 g/mol. The Bertz CT molecular complexity index is 495. The quantitative estimate of drug-likeness (QED) is 0.874. The first kappa shape index (κ1) is 23.5. The SMILES string of the molecule is C=C/C=c1/[nH]c(C)cc(=O)/c1=C/CC.CC.CC.CC. The lowest BCUT2D eigenvalue weighted by Crippen LogP contribution is -2.41. The lowest BCUT2D eigenvalue weighted by atomic mass is 10.2.